The van der Waals surface area contributed by atoms with E-state index >= 15 is 0 Å². The number of anilines is 1. The third kappa shape index (κ3) is 2.34. The molecule has 0 bridgehead atoms. The van der Waals surface area contributed by atoms with Crippen molar-refractivity contribution in [3.63, 3.8) is 0 Å². The molecule has 7 heteroatoms. The summed E-state index contributed by atoms with van der Waals surface area (Å²) < 4.78 is 7.88. The van der Waals surface area contributed by atoms with Gasteiger partial charge in [0.25, 0.3) is 5.78 Å². The van der Waals surface area contributed by atoms with E-state index in [4.69, 9.17) is 9.40 Å². The lowest BCUT2D eigenvalue weighted by atomic mass is 9.97. The molecule has 0 N–H and O–H groups in total. The lowest BCUT2D eigenvalue weighted by Crippen LogP contribution is -2.36. The van der Waals surface area contributed by atoms with Gasteiger partial charge in [0, 0.05) is 24.3 Å². The van der Waals surface area contributed by atoms with Crippen molar-refractivity contribution in [1.29, 1.82) is 0 Å². The van der Waals surface area contributed by atoms with Crippen molar-refractivity contribution in [2.45, 2.75) is 32.6 Å². The van der Waals surface area contributed by atoms with Crippen LogP contribution in [0.3, 0.4) is 0 Å². The first-order valence-electron chi connectivity index (χ1n) is 8.98. The van der Waals surface area contributed by atoms with E-state index in [-0.39, 0.29) is 5.92 Å². The van der Waals surface area contributed by atoms with Crippen LogP contribution in [-0.4, -0.2) is 37.7 Å². The molecule has 1 aromatic carbocycles. The minimum atomic E-state index is 0.266. The van der Waals surface area contributed by atoms with Crippen molar-refractivity contribution >= 4 is 22.7 Å². The van der Waals surface area contributed by atoms with Crippen LogP contribution in [0.15, 0.2) is 35.0 Å². The summed E-state index contributed by atoms with van der Waals surface area (Å²) in [7, 11) is 0. The van der Waals surface area contributed by atoms with Crippen molar-refractivity contribution in [2.24, 2.45) is 0 Å². The van der Waals surface area contributed by atoms with Gasteiger partial charge < -0.3 is 9.32 Å². The van der Waals surface area contributed by atoms with E-state index in [0.29, 0.717) is 5.78 Å². The second-order valence-corrected chi connectivity index (χ2v) is 6.92. The zero-order valence-corrected chi connectivity index (χ0v) is 14.9. The molecule has 26 heavy (non-hydrogen) atoms. The molecule has 0 amide bonds. The molecule has 5 rings (SSSR count). The molecule has 132 valence electrons. The minimum Gasteiger partial charge on any atom is -0.440 e. The van der Waals surface area contributed by atoms with E-state index in [1.165, 1.54) is 0 Å². The molecule has 1 atom stereocenters. The van der Waals surface area contributed by atoms with Crippen LogP contribution >= 0.6 is 0 Å². The van der Waals surface area contributed by atoms with Gasteiger partial charge in [0.15, 0.2) is 11.5 Å². The zero-order chi connectivity index (χ0) is 17.7. The highest BCUT2D eigenvalue weighted by atomic mass is 16.3. The lowest BCUT2D eigenvalue weighted by Gasteiger charge is -2.34. The number of aromatic nitrogens is 5. The number of rotatable bonds is 2. The van der Waals surface area contributed by atoms with Crippen molar-refractivity contribution in [3.05, 3.63) is 47.7 Å². The molecule has 0 aliphatic carbocycles. The van der Waals surface area contributed by atoms with Gasteiger partial charge in [0.2, 0.25) is 0 Å². The van der Waals surface area contributed by atoms with Crippen LogP contribution in [0.5, 0.6) is 0 Å². The average Bonchev–Trinajstić information content (AvgIpc) is 3.29. The van der Waals surface area contributed by atoms with Crippen molar-refractivity contribution in [1.82, 2.24) is 24.6 Å². The summed E-state index contributed by atoms with van der Waals surface area (Å²) in [5.74, 6) is 2.81. The molecule has 1 saturated heterocycles. The van der Waals surface area contributed by atoms with E-state index in [1.807, 2.05) is 35.7 Å². The summed E-state index contributed by atoms with van der Waals surface area (Å²) in [5, 5.41) is 4.39. The molecule has 7 nitrogen and oxygen atoms in total. The van der Waals surface area contributed by atoms with Crippen LogP contribution in [0.1, 0.15) is 35.9 Å². The van der Waals surface area contributed by atoms with Crippen LogP contribution in [0.25, 0.3) is 16.9 Å². The van der Waals surface area contributed by atoms with Gasteiger partial charge in [-0.2, -0.15) is 14.6 Å². The van der Waals surface area contributed by atoms with Gasteiger partial charge >= 0.3 is 0 Å². The third-order valence-electron chi connectivity index (χ3n) is 5.26. The summed E-state index contributed by atoms with van der Waals surface area (Å²) in [5.41, 5.74) is 3.91. The number of benzene rings is 1. The van der Waals surface area contributed by atoms with Gasteiger partial charge in [-0.1, -0.05) is 12.1 Å². The molecule has 0 radical (unpaired) electrons. The van der Waals surface area contributed by atoms with Gasteiger partial charge in [0.05, 0.1) is 5.92 Å². The fourth-order valence-electron chi connectivity index (χ4n) is 3.82. The van der Waals surface area contributed by atoms with E-state index in [9.17, 15) is 0 Å². The molecule has 1 aliphatic rings. The number of para-hydroxylation sites is 2. The smallest absolute Gasteiger partial charge is 0.254 e. The topological polar surface area (TPSA) is 72.3 Å². The Balaban J connectivity index is 1.53. The Labute approximate surface area is 150 Å². The molecule has 1 aliphatic heterocycles. The second kappa shape index (κ2) is 5.79. The molecule has 4 heterocycles. The number of aryl methyl sites for hydroxylation is 1. The summed E-state index contributed by atoms with van der Waals surface area (Å²) in [4.78, 5) is 15.9. The highest BCUT2D eigenvalue weighted by molar-refractivity contribution is 5.72. The number of hydrogen-bond acceptors (Lipinski definition) is 6. The van der Waals surface area contributed by atoms with Crippen LogP contribution in [-0.2, 0) is 0 Å². The van der Waals surface area contributed by atoms with Gasteiger partial charge in [0.1, 0.15) is 17.7 Å². The predicted octanol–water partition coefficient (Wildman–Crippen LogP) is 3.27. The fourth-order valence-corrected chi connectivity index (χ4v) is 3.82. The number of hydrogen-bond donors (Lipinski definition) is 0. The Morgan fingerprint density at radius 2 is 2.04 bits per heavy atom. The van der Waals surface area contributed by atoms with Gasteiger partial charge in [-0.05, 0) is 38.8 Å². The highest BCUT2D eigenvalue weighted by Crippen LogP contribution is 2.33. The SMILES string of the molecule is Cc1nc2ncnn2c(N2CCC[C@H](c3nc4ccccc4o3)C2)c1C. The molecule has 4 aromatic rings. The molecular weight excluding hydrogens is 328 g/mol. The largest absolute Gasteiger partial charge is 0.440 e. The standard InChI is InChI=1S/C19H20N6O/c1-12-13(2)22-19-20-11-21-25(19)18(12)24-9-5-6-14(10-24)17-23-15-7-3-4-8-16(15)26-17/h3-4,7-8,11,14H,5-6,9-10H2,1-2H3/t14-/m0/s1. The number of piperidine rings is 1. The van der Waals surface area contributed by atoms with Crippen LogP contribution < -0.4 is 4.90 Å². The Morgan fingerprint density at radius 3 is 2.92 bits per heavy atom. The van der Waals surface area contributed by atoms with Gasteiger partial charge in [-0.3, -0.25) is 0 Å². The summed E-state index contributed by atoms with van der Waals surface area (Å²) in [6.45, 7) is 5.96. The van der Waals surface area contributed by atoms with E-state index < -0.39 is 0 Å². The van der Waals surface area contributed by atoms with Gasteiger partial charge in [-0.15, -0.1) is 0 Å². The maximum Gasteiger partial charge on any atom is 0.254 e. The zero-order valence-electron chi connectivity index (χ0n) is 14.9. The fraction of sp³-hybridized carbons (Fsp3) is 0.368. The van der Waals surface area contributed by atoms with Crippen molar-refractivity contribution in [3.8, 4) is 0 Å². The Hall–Kier alpha value is -2.96. The maximum absolute atomic E-state index is 6.03. The van der Waals surface area contributed by atoms with Crippen molar-refractivity contribution in [2.75, 3.05) is 18.0 Å². The predicted molar refractivity (Wildman–Crippen MR) is 98.5 cm³/mol. The highest BCUT2D eigenvalue weighted by Gasteiger charge is 2.28. The van der Waals surface area contributed by atoms with Crippen molar-refractivity contribution < 1.29 is 4.42 Å². The third-order valence-corrected chi connectivity index (χ3v) is 5.26. The number of fused-ring (bicyclic) bond motifs is 2. The van der Waals surface area contributed by atoms with E-state index in [2.05, 4.69) is 26.9 Å². The van der Waals surface area contributed by atoms with Crippen LogP contribution in [0.2, 0.25) is 0 Å². The average molecular weight is 348 g/mol. The number of oxazole rings is 1. The minimum absolute atomic E-state index is 0.266. The Kier molecular flexibility index (Phi) is 3.41. The monoisotopic (exact) mass is 348 g/mol. The quantitative estimate of drug-likeness (QED) is 0.554. The summed E-state index contributed by atoms with van der Waals surface area (Å²) >= 11 is 0. The lowest BCUT2D eigenvalue weighted by molar-refractivity contribution is 0.411. The van der Waals surface area contributed by atoms with E-state index in [1.54, 1.807) is 6.33 Å². The summed E-state index contributed by atoms with van der Waals surface area (Å²) in [6.07, 6.45) is 3.72. The maximum atomic E-state index is 6.03. The Morgan fingerprint density at radius 1 is 1.15 bits per heavy atom. The van der Waals surface area contributed by atoms with Crippen LogP contribution in [0, 0.1) is 13.8 Å². The normalized spacial score (nSPS) is 18.1. The summed E-state index contributed by atoms with van der Waals surface area (Å²) in [6, 6.07) is 7.95. The molecular formula is C19H20N6O. The molecule has 1 fully saturated rings. The first-order chi connectivity index (χ1) is 12.7. The van der Waals surface area contributed by atoms with Gasteiger partial charge in [-0.25, -0.2) is 9.97 Å². The first-order valence-corrected chi connectivity index (χ1v) is 8.98. The number of nitrogens with zero attached hydrogens (tertiary/aromatic N) is 6. The molecule has 0 spiro atoms. The van der Waals surface area contributed by atoms with E-state index in [0.717, 1.165) is 60.0 Å². The van der Waals surface area contributed by atoms with Crippen LogP contribution in [0.4, 0.5) is 5.82 Å². The molecule has 0 saturated carbocycles. The first kappa shape index (κ1) is 15.3. The Bertz CT molecular complexity index is 1070. The second-order valence-electron chi connectivity index (χ2n) is 6.92. The molecule has 3 aromatic heterocycles. The molecule has 0 unspecified atom stereocenters.